The molecule has 1 aliphatic heterocycles. The van der Waals surface area contributed by atoms with Gasteiger partial charge in [0.2, 0.25) is 5.91 Å². The minimum atomic E-state index is -0.617. The van der Waals surface area contributed by atoms with Crippen LogP contribution in [0.25, 0.3) is 0 Å². The number of urea groups is 1. The van der Waals surface area contributed by atoms with Crippen molar-refractivity contribution in [2.75, 3.05) is 30.8 Å². The number of aliphatic hydroxyl groups excluding tert-OH is 1. The van der Waals surface area contributed by atoms with E-state index in [0.717, 1.165) is 12.2 Å². The molecule has 1 heterocycles. The quantitative estimate of drug-likeness (QED) is 0.693. The van der Waals surface area contributed by atoms with Gasteiger partial charge in [-0.3, -0.25) is 4.79 Å². The van der Waals surface area contributed by atoms with Crippen LogP contribution in [0.5, 0.6) is 0 Å². The number of hydrogen-bond donors (Lipinski definition) is 3. The monoisotopic (exact) mass is 337 g/mol. The van der Waals surface area contributed by atoms with E-state index in [-0.39, 0.29) is 25.0 Å². The van der Waals surface area contributed by atoms with Crippen LogP contribution in [0.1, 0.15) is 19.8 Å². The van der Waals surface area contributed by atoms with Crippen LogP contribution in [0.3, 0.4) is 0 Å². The molecule has 0 unspecified atom stereocenters. The zero-order chi connectivity index (χ0) is 16.7. The Morgan fingerprint density at radius 1 is 1.43 bits per heavy atom. The first kappa shape index (κ1) is 17.6. The van der Waals surface area contributed by atoms with Crippen molar-refractivity contribution in [2.24, 2.45) is 0 Å². The highest BCUT2D eigenvalue weighted by Crippen LogP contribution is 2.21. The summed E-state index contributed by atoms with van der Waals surface area (Å²) in [5.74, 6) is 0.851. The van der Waals surface area contributed by atoms with Crippen molar-refractivity contribution in [3.8, 4) is 0 Å². The third-order valence-corrected chi connectivity index (χ3v) is 4.79. The second-order valence-corrected chi connectivity index (χ2v) is 6.48. The molecule has 2 rings (SSSR count). The van der Waals surface area contributed by atoms with Crippen LogP contribution in [0.2, 0.25) is 0 Å². The maximum absolute atomic E-state index is 12.4. The number of nitrogens with zero attached hydrogens (tertiary/aromatic N) is 1. The van der Waals surface area contributed by atoms with E-state index in [1.807, 2.05) is 24.3 Å². The van der Waals surface area contributed by atoms with Crippen LogP contribution in [0, 0.1) is 0 Å². The fourth-order valence-electron chi connectivity index (χ4n) is 2.42. The minimum Gasteiger partial charge on any atom is -0.396 e. The van der Waals surface area contributed by atoms with E-state index in [2.05, 4.69) is 17.6 Å². The van der Waals surface area contributed by atoms with Crippen LogP contribution in [0.15, 0.2) is 29.2 Å². The van der Waals surface area contributed by atoms with Crippen molar-refractivity contribution < 1.29 is 14.7 Å². The third-order valence-electron chi connectivity index (χ3n) is 3.57. The number of hydrogen-bond acceptors (Lipinski definition) is 4. The zero-order valence-corrected chi connectivity index (χ0v) is 14.1. The Kier molecular flexibility index (Phi) is 6.73. The van der Waals surface area contributed by atoms with Crippen LogP contribution in [-0.2, 0) is 4.79 Å². The molecule has 0 aliphatic carbocycles. The van der Waals surface area contributed by atoms with Gasteiger partial charge in [0.05, 0.1) is 0 Å². The van der Waals surface area contributed by atoms with E-state index in [1.54, 1.807) is 11.8 Å². The smallest absolute Gasteiger partial charge is 0.322 e. The molecule has 0 radical (unpaired) electrons. The fraction of sp³-hybridized carbons (Fsp3) is 0.500. The highest BCUT2D eigenvalue weighted by molar-refractivity contribution is 7.99. The van der Waals surface area contributed by atoms with Gasteiger partial charge in [0.15, 0.2) is 0 Å². The largest absolute Gasteiger partial charge is 0.396 e. The third kappa shape index (κ3) is 4.87. The minimum absolute atomic E-state index is 0.134. The number of nitrogens with one attached hydrogen (secondary N) is 2. The first-order valence-electron chi connectivity index (χ1n) is 7.84. The molecule has 7 heteroatoms. The average Bonchev–Trinajstić information content (AvgIpc) is 2.56. The molecule has 3 amide bonds. The van der Waals surface area contributed by atoms with Gasteiger partial charge in [0.1, 0.15) is 6.04 Å². The second kappa shape index (κ2) is 8.79. The molecule has 126 valence electrons. The standard InChI is InChI=1S/C16H23N3O3S/c1-2-11-23-13-5-3-12(4-6-13)18-16(22)19-9-8-17-15(21)14(19)7-10-20/h3-6,14,20H,2,7-11H2,1H3,(H,17,21)(H,18,22)/t14-/m0/s1. The van der Waals surface area contributed by atoms with Crippen molar-refractivity contribution in [1.82, 2.24) is 10.2 Å². The second-order valence-electron chi connectivity index (χ2n) is 5.32. The molecular weight excluding hydrogens is 314 g/mol. The Labute approximate surface area is 140 Å². The summed E-state index contributed by atoms with van der Waals surface area (Å²) in [5, 5.41) is 14.6. The number of amides is 3. The summed E-state index contributed by atoms with van der Waals surface area (Å²) in [5.41, 5.74) is 0.699. The average molecular weight is 337 g/mol. The zero-order valence-electron chi connectivity index (χ0n) is 13.2. The predicted octanol–water partition coefficient (Wildman–Crippen LogP) is 1.90. The summed E-state index contributed by atoms with van der Waals surface area (Å²) in [4.78, 5) is 26.9. The normalized spacial score (nSPS) is 17.7. The van der Waals surface area contributed by atoms with Gasteiger partial charge in [-0.2, -0.15) is 0 Å². The van der Waals surface area contributed by atoms with E-state index in [4.69, 9.17) is 5.11 Å². The number of anilines is 1. The summed E-state index contributed by atoms with van der Waals surface area (Å²) in [6, 6.07) is 6.75. The molecule has 1 aromatic rings. The van der Waals surface area contributed by atoms with Crippen molar-refractivity contribution in [1.29, 1.82) is 0 Å². The van der Waals surface area contributed by atoms with Crippen LogP contribution in [-0.4, -0.2) is 53.4 Å². The van der Waals surface area contributed by atoms with Gasteiger partial charge in [-0.15, -0.1) is 11.8 Å². The van der Waals surface area contributed by atoms with E-state index in [9.17, 15) is 9.59 Å². The molecule has 3 N–H and O–H groups in total. The fourth-order valence-corrected chi connectivity index (χ4v) is 3.19. The van der Waals surface area contributed by atoms with Crippen molar-refractivity contribution in [2.45, 2.75) is 30.7 Å². The van der Waals surface area contributed by atoms with E-state index in [0.29, 0.717) is 18.8 Å². The maximum Gasteiger partial charge on any atom is 0.322 e. The van der Waals surface area contributed by atoms with E-state index in [1.165, 1.54) is 9.80 Å². The van der Waals surface area contributed by atoms with E-state index < -0.39 is 6.04 Å². The van der Waals surface area contributed by atoms with Gasteiger partial charge in [-0.05, 0) is 42.9 Å². The van der Waals surface area contributed by atoms with Gasteiger partial charge in [0.25, 0.3) is 0 Å². The number of piperazine rings is 1. The van der Waals surface area contributed by atoms with Gasteiger partial charge in [0, 0.05) is 30.3 Å². The topological polar surface area (TPSA) is 81.7 Å². The van der Waals surface area contributed by atoms with Crippen LogP contribution >= 0.6 is 11.8 Å². The van der Waals surface area contributed by atoms with Crippen molar-refractivity contribution >= 4 is 29.4 Å². The van der Waals surface area contributed by atoms with Gasteiger partial charge in [-0.25, -0.2) is 4.79 Å². The first-order chi connectivity index (χ1) is 11.2. The molecule has 1 aromatic carbocycles. The number of carbonyl (C=O) groups is 2. The highest BCUT2D eigenvalue weighted by atomic mass is 32.2. The van der Waals surface area contributed by atoms with Gasteiger partial charge >= 0.3 is 6.03 Å². The summed E-state index contributed by atoms with van der Waals surface area (Å²) in [6.45, 7) is 2.87. The predicted molar refractivity (Wildman–Crippen MR) is 91.7 cm³/mol. The molecule has 0 saturated carbocycles. The lowest BCUT2D eigenvalue weighted by Gasteiger charge is -2.34. The summed E-state index contributed by atoms with van der Waals surface area (Å²) in [7, 11) is 0. The number of rotatable bonds is 6. The molecular formula is C16H23N3O3S. The number of benzene rings is 1. The first-order valence-corrected chi connectivity index (χ1v) is 8.83. The Hall–Kier alpha value is -1.73. The Morgan fingerprint density at radius 2 is 2.17 bits per heavy atom. The lowest BCUT2D eigenvalue weighted by Crippen LogP contribution is -2.58. The molecule has 0 bridgehead atoms. The molecule has 1 fully saturated rings. The number of aliphatic hydroxyl groups is 1. The molecule has 23 heavy (non-hydrogen) atoms. The summed E-state index contributed by atoms with van der Waals surface area (Å²) < 4.78 is 0. The van der Waals surface area contributed by atoms with Crippen LogP contribution in [0.4, 0.5) is 10.5 Å². The van der Waals surface area contributed by atoms with E-state index >= 15 is 0 Å². The Balaban J connectivity index is 1.98. The summed E-state index contributed by atoms with van der Waals surface area (Å²) >= 11 is 1.78. The number of thioether (sulfide) groups is 1. The van der Waals surface area contributed by atoms with Gasteiger partial charge in [-0.1, -0.05) is 6.92 Å². The number of carbonyl (C=O) groups excluding carboxylic acids is 2. The molecule has 6 nitrogen and oxygen atoms in total. The lowest BCUT2D eigenvalue weighted by molar-refractivity contribution is -0.128. The molecule has 1 aliphatic rings. The SMILES string of the molecule is CCCSc1ccc(NC(=O)N2CCNC(=O)[C@@H]2CCO)cc1. The maximum atomic E-state index is 12.4. The lowest BCUT2D eigenvalue weighted by atomic mass is 10.1. The molecule has 0 aromatic heterocycles. The highest BCUT2D eigenvalue weighted by Gasteiger charge is 2.32. The van der Waals surface area contributed by atoms with Crippen LogP contribution < -0.4 is 10.6 Å². The van der Waals surface area contributed by atoms with Crippen molar-refractivity contribution in [3.63, 3.8) is 0 Å². The summed E-state index contributed by atoms with van der Waals surface area (Å²) in [6.07, 6.45) is 1.36. The van der Waals surface area contributed by atoms with Gasteiger partial charge < -0.3 is 20.6 Å². The molecule has 1 atom stereocenters. The Bertz CT molecular complexity index is 536. The Morgan fingerprint density at radius 3 is 2.83 bits per heavy atom. The van der Waals surface area contributed by atoms with Crippen molar-refractivity contribution in [3.05, 3.63) is 24.3 Å². The molecule has 0 spiro atoms. The molecule has 1 saturated heterocycles.